The van der Waals surface area contributed by atoms with E-state index < -0.39 is 67.4 Å². The van der Waals surface area contributed by atoms with Crippen LogP contribution in [0, 0.1) is 0 Å². The second kappa shape index (κ2) is 55.6. The van der Waals surface area contributed by atoms with Gasteiger partial charge >= 0.3 is 5.97 Å². The maximum atomic E-state index is 13.4. The zero-order valence-electron chi connectivity index (χ0n) is 50.7. The van der Waals surface area contributed by atoms with E-state index in [1.54, 1.807) is 6.08 Å². The van der Waals surface area contributed by atoms with Crippen molar-refractivity contribution in [3.63, 3.8) is 0 Å². The molecule has 0 saturated carbocycles. The molecule has 0 bridgehead atoms. The first kappa shape index (κ1) is 74.1. The largest absolute Gasteiger partial charge is 0.454 e. The third-order valence-corrected chi connectivity index (χ3v) is 15.1. The SMILES string of the molecule is CCCCC/C=C\C/C=C\C/C=C\C/C=C\CCCCCCCC(=O)OC1C(OCC(NC(=O)C(O)CCCCCCCCCC/C=C/CCCCCCCC)C(O)/C=C/CCCCCCCCCCC)OC(CO)C(O)C1O. The van der Waals surface area contributed by atoms with E-state index in [0.29, 0.717) is 12.8 Å². The van der Waals surface area contributed by atoms with E-state index in [2.05, 4.69) is 86.8 Å². The first-order valence-electron chi connectivity index (χ1n) is 32.7. The smallest absolute Gasteiger partial charge is 0.306 e. The predicted octanol–water partition coefficient (Wildman–Crippen LogP) is 16.0. The number of hydrogen-bond acceptors (Lipinski definition) is 10. The lowest BCUT2D eigenvalue weighted by Crippen LogP contribution is -2.61. The minimum atomic E-state index is -1.62. The summed E-state index contributed by atoms with van der Waals surface area (Å²) in [5.41, 5.74) is 0. The van der Waals surface area contributed by atoms with Gasteiger partial charge in [0.15, 0.2) is 12.4 Å². The van der Waals surface area contributed by atoms with Crippen molar-refractivity contribution in [3.8, 4) is 0 Å². The molecule has 8 unspecified atom stereocenters. The molecule has 0 spiro atoms. The molecule has 0 aromatic rings. The summed E-state index contributed by atoms with van der Waals surface area (Å²) in [4.78, 5) is 26.6. The Morgan fingerprint density at radius 2 is 0.873 bits per heavy atom. The third-order valence-electron chi connectivity index (χ3n) is 15.1. The van der Waals surface area contributed by atoms with Gasteiger partial charge in [-0.15, -0.1) is 0 Å². The van der Waals surface area contributed by atoms with Crippen LogP contribution in [-0.2, 0) is 23.8 Å². The van der Waals surface area contributed by atoms with Crippen LogP contribution in [-0.4, -0.2) is 99.6 Å². The van der Waals surface area contributed by atoms with Gasteiger partial charge in [-0.25, -0.2) is 0 Å². The molecule has 0 aromatic heterocycles. The van der Waals surface area contributed by atoms with Crippen molar-refractivity contribution in [1.29, 1.82) is 0 Å². The molecular weight excluding hydrogens is 991 g/mol. The van der Waals surface area contributed by atoms with E-state index in [4.69, 9.17) is 14.2 Å². The summed E-state index contributed by atoms with van der Waals surface area (Å²) < 4.78 is 17.6. The van der Waals surface area contributed by atoms with Gasteiger partial charge in [-0.3, -0.25) is 9.59 Å². The number of aliphatic hydroxyl groups is 5. The van der Waals surface area contributed by atoms with Crippen molar-refractivity contribution in [2.24, 2.45) is 0 Å². The van der Waals surface area contributed by atoms with Crippen molar-refractivity contribution in [3.05, 3.63) is 72.9 Å². The van der Waals surface area contributed by atoms with Gasteiger partial charge in [-0.05, 0) is 96.3 Å². The Bertz CT molecular complexity index is 1560. The Morgan fingerprint density at radius 3 is 1.34 bits per heavy atom. The second-order valence-electron chi connectivity index (χ2n) is 22.5. The lowest BCUT2D eigenvalue weighted by atomic mass is 9.99. The standard InChI is InChI=1S/C68H121NO10/c1-4-7-10-13-16-19-22-24-26-28-30-31-32-34-36-38-41-44-47-50-53-56-63(73)79-66-65(75)64(74)62(57-70)78-68(66)77-58-59(60(71)54-51-48-45-42-39-21-18-15-12-9-6-3)69-67(76)61(72)55-52-49-46-43-40-37-35-33-29-27-25-23-20-17-14-11-8-5-2/h16,19,24-27,30-31,34,36,51,54,59-62,64-66,68,70-72,74-75H,4-15,17-18,20-23,28-29,32-33,35,37-50,52-53,55-58H2,1-3H3,(H,69,76)/b19-16-,26-24-,27-25+,31-30-,36-34-,54-51+. The molecule has 8 atom stereocenters. The number of rotatable bonds is 55. The number of hydrogen-bond donors (Lipinski definition) is 6. The molecule has 0 aliphatic carbocycles. The van der Waals surface area contributed by atoms with Crippen LogP contribution in [0.4, 0.5) is 0 Å². The average Bonchev–Trinajstić information content (AvgIpc) is 3.47. The molecule has 11 heteroatoms. The van der Waals surface area contributed by atoms with Crippen molar-refractivity contribution in [2.75, 3.05) is 13.2 Å². The highest BCUT2D eigenvalue weighted by Crippen LogP contribution is 2.26. The average molecular weight is 1110 g/mol. The Morgan fingerprint density at radius 1 is 0.494 bits per heavy atom. The number of carbonyl (C=O) groups excluding carboxylic acids is 2. The number of carbonyl (C=O) groups is 2. The number of unbranched alkanes of at least 4 members (excludes halogenated alkanes) is 31. The van der Waals surface area contributed by atoms with Gasteiger partial charge in [-0.1, -0.05) is 254 Å². The number of amides is 1. The lowest BCUT2D eigenvalue weighted by molar-refractivity contribution is -0.305. The topological polar surface area (TPSA) is 175 Å². The Kier molecular flexibility index (Phi) is 52.2. The van der Waals surface area contributed by atoms with Gasteiger partial charge in [0.2, 0.25) is 5.91 Å². The number of allylic oxidation sites excluding steroid dienone is 11. The van der Waals surface area contributed by atoms with E-state index in [9.17, 15) is 35.1 Å². The first-order chi connectivity index (χ1) is 38.7. The summed E-state index contributed by atoms with van der Waals surface area (Å²) in [6.07, 6.45) is 60.8. The molecule has 1 heterocycles. The molecule has 0 aromatic carbocycles. The van der Waals surface area contributed by atoms with Crippen molar-refractivity contribution >= 4 is 11.9 Å². The highest BCUT2D eigenvalue weighted by atomic mass is 16.7. The Hall–Kier alpha value is -2.90. The number of nitrogens with one attached hydrogen (secondary N) is 1. The molecule has 11 nitrogen and oxygen atoms in total. The van der Waals surface area contributed by atoms with Crippen LogP contribution >= 0.6 is 0 Å². The summed E-state index contributed by atoms with van der Waals surface area (Å²) in [6.45, 7) is 5.75. The highest BCUT2D eigenvalue weighted by Gasteiger charge is 2.47. The van der Waals surface area contributed by atoms with Gasteiger partial charge in [0.25, 0.3) is 0 Å². The van der Waals surface area contributed by atoms with E-state index >= 15 is 0 Å². The summed E-state index contributed by atoms with van der Waals surface area (Å²) >= 11 is 0. The molecule has 1 amide bonds. The minimum Gasteiger partial charge on any atom is -0.454 e. The highest BCUT2D eigenvalue weighted by molar-refractivity contribution is 5.80. The zero-order chi connectivity index (χ0) is 57.5. The summed E-state index contributed by atoms with van der Waals surface area (Å²) in [5, 5.41) is 57.0. The fourth-order valence-electron chi connectivity index (χ4n) is 9.86. The third kappa shape index (κ3) is 43.5. The van der Waals surface area contributed by atoms with Gasteiger partial charge in [0.05, 0.1) is 25.4 Å². The minimum absolute atomic E-state index is 0.100. The van der Waals surface area contributed by atoms with Crippen LogP contribution < -0.4 is 5.32 Å². The van der Waals surface area contributed by atoms with E-state index in [1.165, 1.54) is 141 Å². The number of ether oxygens (including phenoxy) is 3. The van der Waals surface area contributed by atoms with Gasteiger partial charge < -0.3 is 45.1 Å². The molecule has 458 valence electrons. The normalized spacial score (nSPS) is 19.3. The number of aliphatic hydroxyl groups excluding tert-OH is 5. The Balaban J connectivity index is 2.65. The molecule has 1 rings (SSSR count). The zero-order valence-corrected chi connectivity index (χ0v) is 50.7. The lowest BCUT2D eigenvalue weighted by Gasteiger charge is -2.41. The maximum absolute atomic E-state index is 13.4. The van der Waals surface area contributed by atoms with Gasteiger partial charge in [0.1, 0.15) is 24.4 Å². The van der Waals surface area contributed by atoms with Crippen molar-refractivity contribution < 1.29 is 49.3 Å². The molecule has 1 fully saturated rings. The molecular formula is C68H121NO10. The number of esters is 1. The first-order valence-corrected chi connectivity index (χ1v) is 32.7. The van der Waals surface area contributed by atoms with E-state index in [-0.39, 0.29) is 19.4 Å². The van der Waals surface area contributed by atoms with Gasteiger partial charge in [0, 0.05) is 6.42 Å². The van der Waals surface area contributed by atoms with Crippen LogP contribution in [0.25, 0.3) is 0 Å². The van der Waals surface area contributed by atoms with Crippen LogP contribution in [0.3, 0.4) is 0 Å². The molecule has 1 aliphatic rings. The molecule has 79 heavy (non-hydrogen) atoms. The Labute approximate surface area is 483 Å². The van der Waals surface area contributed by atoms with Crippen molar-refractivity contribution in [1.82, 2.24) is 5.32 Å². The van der Waals surface area contributed by atoms with E-state index in [1.807, 2.05) is 6.08 Å². The monoisotopic (exact) mass is 1110 g/mol. The van der Waals surface area contributed by atoms with Crippen LogP contribution in [0.15, 0.2) is 72.9 Å². The fraction of sp³-hybridized carbons (Fsp3) is 0.794. The van der Waals surface area contributed by atoms with Crippen LogP contribution in [0.2, 0.25) is 0 Å². The maximum Gasteiger partial charge on any atom is 0.306 e. The quantitative estimate of drug-likeness (QED) is 0.0195. The second-order valence-corrected chi connectivity index (χ2v) is 22.5. The predicted molar refractivity (Wildman–Crippen MR) is 329 cm³/mol. The molecule has 1 aliphatic heterocycles. The van der Waals surface area contributed by atoms with Crippen LogP contribution in [0.1, 0.15) is 284 Å². The van der Waals surface area contributed by atoms with Gasteiger partial charge in [-0.2, -0.15) is 0 Å². The van der Waals surface area contributed by atoms with Crippen molar-refractivity contribution in [2.45, 2.75) is 333 Å². The summed E-state index contributed by atoms with van der Waals surface area (Å²) in [7, 11) is 0. The fourth-order valence-corrected chi connectivity index (χ4v) is 9.86. The molecule has 0 radical (unpaired) electrons. The summed E-state index contributed by atoms with van der Waals surface area (Å²) in [6, 6.07) is -1.03. The summed E-state index contributed by atoms with van der Waals surface area (Å²) in [5.74, 6) is -1.21. The van der Waals surface area contributed by atoms with Crippen LogP contribution in [0.5, 0.6) is 0 Å². The molecule has 1 saturated heterocycles. The molecule has 6 N–H and O–H groups in total. The van der Waals surface area contributed by atoms with E-state index in [0.717, 1.165) is 96.3 Å².